The van der Waals surface area contributed by atoms with E-state index in [2.05, 4.69) is 11.4 Å². The number of nitrogens with one attached hydrogen (secondary N) is 1. The number of benzene rings is 2. The molecule has 0 saturated carbocycles. The van der Waals surface area contributed by atoms with Crippen molar-refractivity contribution in [1.29, 1.82) is 5.26 Å². The van der Waals surface area contributed by atoms with Crippen LogP contribution in [0.3, 0.4) is 0 Å². The summed E-state index contributed by atoms with van der Waals surface area (Å²) in [5.74, 6) is 0.563. The largest absolute Gasteiger partial charge is 0.491 e. The van der Waals surface area contributed by atoms with Gasteiger partial charge in [0.05, 0.1) is 16.8 Å². The maximum atomic E-state index is 9.47. The van der Waals surface area contributed by atoms with Gasteiger partial charge in [-0.25, -0.2) is 0 Å². The molecule has 1 aliphatic heterocycles. The second kappa shape index (κ2) is 9.05. The molecule has 0 aromatic heterocycles. The highest BCUT2D eigenvalue weighted by atomic mass is 16.7. The predicted octanol–water partition coefficient (Wildman–Crippen LogP) is 4.37. The first kappa shape index (κ1) is 22.1. The number of ether oxygens (including phenoxy) is 1. The highest BCUT2D eigenvalue weighted by molar-refractivity contribution is 6.55. The SMILES string of the molecule is CNCC(=Cc1ccc(C#N)c(OCc2ccccc2)c1)B1OC(C)(C)C(C)(C)O1. The molecule has 1 saturated heterocycles. The van der Waals surface area contributed by atoms with E-state index in [0.717, 1.165) is 16.6 Å². The van der Waals surface area contributed by atoms with Gasteiger partial charge in [-0.15, -0.1) is 0 Å². The third-order valence-electron chi connectivity index (χ3n) is 5.65. The summed E-state index contributed by atoms with van der Waals surface area (Å²) >= 11 is 0. The highest BCUT2D eigenvalue weighted by Gasteiger charge is 2.52. The third-order valence-corrected chi connectivity index (χ3v) is 5.65. The number of rotatable bonds is 7. The Hall–Kier alpha value is -2.59. The van der Waals surface area contributed by atoms with E-state index in [0.29, 0.717) is 24.5 Å². The first-order valence-electron chi connectivity index (χ1n) is 10.2. The van der Waals surface area contributed by atoms with Crippen LogP contribution >= 0.6 is 0 Å². The van der Waals surface area contributed by atoms with E-state index in [1.807, 2.05) is 83.3 Å². The number of nitrogens with zero attached hydrogens (tertiary/aromatic N) is 1. The molecular formula is C24H29BN2O3. The molecule has 1 aliphatic rings. The Morgan fingerprint density at radius 2 is 1.77 bits per heavy atom. The lowest BCUT2D eigenvalue weighted by molar-refractivity contribution is 0.00578. The molecule has 2 aromatic carbocycles. The van der Waals surface area contributed by atoms with Crippen molar-refractivity contribution in [3.8, 4) is 11.8 Å². The van der Waals surface area contributed by atoms with E-state index in [4.69, 9.17) is 14.0 Å². The Kier molecular flexibility index (Phi) is 6.67. The maximum absolute atomic E-state index is 9.47. The highest BCUT2D eigenvalue weighted by Crippen LogP contribution is 2.38. The lowest BCUT2D eigenvalue weighted by atomic mass is 9.77. The second-order valence-corrected chi connectivity index (χ2v) is 8.48. The van der Waals surface area contributed by atoms with Crippen LogP contribution in [0.4, 0.5) is 0 Å². The summed E-state index contributed by atoms with van der Waals surface area (Å²) in [5, 5.41) is 12.7. The zero-order chi connectivity index (χ0) is 21.8. The van der Waals surface area contributed by atoms with Gasteiger partial charge in [-0.05, 0) is 63.5 Å². The molecule has 0 bridgehead atoms. The molecule has 0 spiro atoms. The Morgan fingerprint density at radius 1 is 1.10 bits per heavy atom. The summed E-state index contributed by atoms with van der Waals surface area (Å²) in [7, 11) is 1.46. The van der Waals surface area contributed by atoms with E-state index in [1.165, 1.54) is 0 Å². The predicted molar refractivity (Wildman–Crippen MR) is 120 cm³/mol. The molecule has 2 aromatic rings. The van der Waals surface area contributed by atoms with Crippen LogP contribution in [0.2, 0.25) is 0 Å². The minimum absolute atomic E-state index is 0.404. The fourth-order valence-corrected chi connectivity index (χ4v) is 3.19. The molecule has 156 valence electrons. The summed E-state index contributed by atoms with van der Waals surface area (Å²) in [6.45, 7) is 9.20. The van der Waals surface area contributed by atoms with Crippen LogP contribution in [0.15, 0.2) is 54.0 Å². The van der Waals surface area contributed by atoms with Crippen molar-refractivity contribution in [3.05, 3.63) is 70.7 Å². The first-order chi connectivity index (χ1) is 14.3. The van der Waals surface area contributed by atoms with E-state index in [1.54, 1.807) is 6.07 Å². The fourth-order valence-electron chi connectivity index (χ4n) is 3.19. The average Bonchev–Trinajstić information content (AvgIpc) is 2.94. The lowest BCUT2D eigenvalue weighted by Gasteiger charge is -2.32. The van der Waals surface area contributed by atoms with Crippen LogP contribution in [-0.4, -0.2) is 31.9 Å². The van der Waals surface area contributed by atoms with Crippen molar-refractivity contribution in [2.75, 3.05) is 13.6 Å². The first-order valence-corrected chi connectivity index (χ1v) is 10.2. The molecule has 0 atom stereocenters. The molecule has 1 heterocycles. The quantitative estimate of drug-likeness (QED) is 0.695. The fraction of sp³-hybridized carbons (Fsp3) is 0.375. The molecule has 0 radical (unpaired) electrons. The number of hydrogen-bond donors (Lipinski definition) is 1. The summed E-state index contributed by atoms with van der Waals surface area (Å²) < 4.78 is 18.4. The summed E-state index contributed by atoms with van der Waals surface area (Å²) in [6, 6.07) is 17.7. The second-order valence-electron chi connectivity index (χ2n) is 8.48. The number of nitriles is 1. The maximum Gasteiger partial charge on any atom is 0.491 e. The molecule has 1 fully saturated rings. The van der Waals surface area contributed by atoms with Crippen molar-refractivity contribution in [3.63, 3.8) is 0 Å². The molecular weight excluding hydrogens is 375 g/mol. The van der Waals surface area contributed by atoms with Gasteiger partial charge < -0.3 is 19.4 Å². The molecule has 0 unspecified atom stereocenters. The number of likely N-dealkylation sites (N-methyl/N-ethyl adjacent to an activating group) is 1. The van der Waals surface area contributed by atoms with E-state index >= 15 is 0 Å². The van der Waals surface area contributed by atoms with Gasteiger partial charge in [0, 0.05) is 6.54 Å². The Morgan fingerprint density at radius 3 is 2.37 bits per heavy atom. The zero-order valence-corrected chi connectivity index (χ0v) is 18.4. The van der Waals surface area contributed by atoms with Crippen LogP contribution in [0.25, 0.3) is 6.08 Å². The summed E-state index contributed by atoms with van der Waals surface area (Å²) in [4.78, 5) is 0. The van der Waals surface area contributed by atoms with Crippen LogP contribution in [0, 0.1) is 11.3 Å². The molecule has 1 N–H and O–H groups in total. The Balaban J connectivity index is 1.86. The van der Waals surface area contributed by atoms with E-state index in [-0.39, 0.29) is 0 Å². The van der Waals surface area contributed by atoms with Gasteiger partial charge in [0.15, 0.2) is 0 Å². The van der Waals surface area contributed by atoms with Crippen LogP contribution in [-0.2, 0) is 15.9 Å². The van der Waals surface area contributed by atoms with Gasteiger partial charge >= 0.3 is 7.12 Å². The van der Waals surface area contributed by atoms with Crippen molar-refractivity contribution < 1.29 is 14.0 Å². The molecule has 6 heteroatoms. The van der Waals surface area contributed by atoms with Gasteiger partial charge in [-0.3, -0.25) is 0 Å². The van der Waals surface area contributed by atoms with Crippen LogP contribution in [0.5, 0.6) is 5.75 Å². The van der Waals surface area contributed by atoms with Gasteiger partial charge in [0.2, 0.25) is 0 Å². The summed E-state index contributed by atoms with van der Waals surface area (Å²) in [6.07, 6.45) is 2.04. The Labute approximate surface area is 179 Å². The average molecular weight is 404 g/mol. The monoisotopic (exact) mass is 404 g/mol. The van der Waals surface area contributed by atoms with E-state index < -0.39 is 18.3 Å². The zero-order valence-electron chi connectivity index (χ0n) is 18.4. The molecule has 30 heavy (non-hydrogen) atoms. The lowest BCUT2D eigenvalue weighted by Crippen LogP contribution is -2.41. The normalized spacial score (nSPS) is 17.6. The van der Waals surface area contributed by atoms with Crippen molar-refractivity contribution in [2.24, 2.45) is 0 Å². The van der Waals surface area contributed by atoms with Gasteiger partial charge in [0.25, 0.3) is 0 Å². The van der Waals surface area contributed by atoms with Gasteiger partial charge in [0.1, 0.15) is 18.4 Å². The molecule has 3 rings (SSSR count). The van der Waals surface area contributed by atoms with Gasteiger partial charge in [-0.1, -0.05) is 42.5 Å². The molecule has 0 amide bonds. The molecule has 5 nitrogen and oxygen atoms in total. The van der Waals surface area contributed by atoms with Crippen LogP contribution in [0.1, 0.15) is 44.4 Å². The topological polar surface area (TPSA) is 63.5 Å². The molecule has 0 aliphatic carbocycles. The minimum Gasteiger partial charge on any atom is -0.488 e. The van der Waals surface area contributed by atoms with Crippen molar-refractivity contribution in [1.82, 2.24) is 5.32 Å². The van der Waals surface area contributed by atoms with E-state index in [9.17, 15) is 5.26 Å². The smallest absolute Gasteiger partial charge is 0.488 e. The minimum atomic E-state index is -0.438. The summed E-state index contributed by atoms with van der Waals surface area (Å²) in [5.41, 5.74) is 2.66. The third kappa shape index (κ3) is 4.93. The van der Waals surface area contributed by atoms with Gasteiger partial charge in [-0.2, -0.15) is 5.26 Å². The Bertz CT molecular complexity index is 933. The standard InChI is InChI=1S/C24H29BN2O3/c1-23(2)24(3,4)30-25(29-23)21(16-27-5)13-19-11-12-20(15-26)22(14-19)28-17-18-9-7-6-8-10-18/h6-14,27H,16-17H2,1-5H3. The van der Waals surface area contributed by atoms with Crippen molar-refractivity contribution >= 4 is 13.2 Å². The van der Waals surface area contributed by atoms with Crippen LogP contribution < -0.4 is 10.1 Å². The number of hydrogen-bond acceptors (Lipinski definition) is 5. The van der Waals surface area contributed by atoms with Crippen molar-refractivity contribution in [2.45, 2.75) is 45.5 Å².